The summed E-state index contributed by atoms with van der Waals surface area (Å²) >= 11 is 0. The molecule has 1 atom stereocenters. The highest BCUT2D eigenvalue weighted by atomic mass is 19.1. The summed E-state index contributed by atoms with van der Waals surface area (Å²) in [5.41, 5.74) is 2.95. The molecule has 1 aliphatic heterocycles. The Morgan fingerprint density at radius 3 is 2.48 bits per heavy atom. The predicted octanol–water partition coefficient (Wildman–Crippen LogP) is 4.89. The number of rotatable bonds is 9. The van der Waals surface area contributed by atoms with Crippen molar-refractivity contribution in [3.8, 4) is 0 Å². The molecule has 0 saturated carbocycles. The fraction of sp³-hybridized carbons (Fsp3) is 0.324. The molecule has 0 aliphatic carbocycles. The zero-order valence-corrected chi connectivity index (χ0v) is 25.2. The summed E-state index contributed by atoms with van der Waals surface area (Å²) in [4.78, 5) is 45.2. The number of halogens is 1. The van der Waals surface area contributed by atoms with Crippen molar-refractivity contribution in [2.45, 2.75) is 38.6 Å². The first-order chi connectivity index (χ1) is 21.2. The van der Waals surface area contributed by atoms with Gasteiger partial charge < -0.3 is 15.0 Å². The lowest BCUT2D eigenvalue weighted by molar-refractivity contribution is -0.122. The number of hydrogen-bond acceptors (Lipinski definition) is 7. The van der Waals surface area contributed by atoms with Crippen molar-refractivity contribution in [1.82, 2.24) is 20.3 Å². The Labute approximate surface area is 257 Å². The number of anilines is 2. The van der Waals surface area contributed by atoms with E-state index in [0.717, 1.165) is 11.1 Å². The summed E-state index contributed by atoms with van der Waals surface area (Å²) < 4.78 is 19.2. The highest BCUT2D eigenvalue weighted by molar-refractivity contribution is 6.09. The van der Waals surface area contributed by atoms with Crippen LogP contribution in [0.25, 0.3) is 0 Å². The molecule has 44 heavy (non-hydrogen) atoms. The van der Waals surface area contributed by atoms with Gasteiger partial charge in [-0.15, -0.1) is 0 Å². The van der Waals surface area contributed by atoms with Crippen molar-refractivity contribution in [1.29, 1.82) is 0 Å². The van der Waals surface area contributed by atoms with Gasteiger partial charge in [-0.05, 0) is 59.4 Å². The van der Waals surface area contributed by atoms with Crippen LogP contribution >= 0.6 is 0 Å². The smallest absolute Gasteiger partial charge is 0.278 e. The van der Waals surface area contributed by atoms with Crippen molar-refractivity contribution in [2.75, 3.05) is 42.6 Å². The van der Waals surface area contributed by atoms with Gasteiger partial charge in [0.25, 0.3) is 5.91 Å². The maximum absolute atomic E-state index is 14.5. The summed E-state index contributed by atoms with van der Waals surface area (Å²) in [5, 5.41) is 2.97. The molecule has 0 bridgehead atoms. The van der Waals surface area contributed by atoms with E-state index in [-0.39, 0.29) is 23.5 Å². The standard InChI is InChI=1S/C34H37FN6O3/c1-34(2,3)26-9-11-28(12-10-26)41(32(43)29-14-17-38-33(39-29)40-18-20-44-21-19-40)30(25-7-5-15-36-23-25)31(42)37-16-13-24-6-4-8-27(35)22-24/h4-12,14-15,17,22-23,30H,13,16,18-21H2,1-3H3,(H,37,42). The lowest BCUT2D eigenvalue weighted by atomic mass is 9.87. The monoisotopic (exact) mass is 596 g/mol. The molecule has 2 aromatic carbocycles. The van der Waals surface area contributed by atoms with E-state index < -0.39 is 17.9 Å². The normalized spacial score (nSPS) is 14.1. The van der Waals surface area contributed by atoms with E-state index in [1.807, 2.05) is 35.2 Å². The van der Waals surface area contributed by atoms with Gasteiger partial charge in [0.15, 0.2) is 0 Å². The molecule has 5 rings (SSSR count). The van der Waals surface area contributed by atoms with Crippen LogP contribution in [0.4, 0.5) is 16.0 Å². The Morgan fingerprint density at radius 2 is 1.80 bits per heavy atom. The van der Waals surface area contributed by atoms with Gasteiger partial charge in [0, 0.05) is 49.5 Å². The Balaban J connectivity index is 1.52. The molecule has 1 fully saturated rings. The average Bonchev–Trinajstić information content (AvgIpc) is 3.04. The molecule has 9 nitrogen and oxygen atoms in total. The average molecular weight is 597 g/mol. The molecule has 2 aromatic heterocycles. The first-order valence-corrected chi connectivity index (χ1v) is 14.7. The molecule has 2 amide bonds. The number of nitrogens with one attached hydrogen (secondary N) is 1. The first-order valence-electron chi connectivity index (χ1n) is 14.7. The Hall–Kier alpha value is -4.70. The summed E-state index contributed by atoms with van der Waals surface area (Å²) in [6.07, 6.45) is 5.18. The molecule has 4 aromatic rings. The molecular formula is C34H37FN6O3. The zero-order chi connectivity index (χ0) is 31.1. The number of pyridine rings is 1. The van der Waals surface area contributed by atoms with Gasteiger partial charge >= 0.3 is 0 Å². The van der Waals surface area contributed by atoms with Gasteiger partial charge in [-0.25, -0.2) is 14.4 Å². The highest BCUT2D eigenvalue weighted by Gasteiger charge is 2.35. The lowest BCUT2D eigenvalue weighted by Gasteiger charge is -2.32. The second kappa shape index (κ2) is 13.7. The number of ether oxygens (including phenoxy) is 1. The van der Waals surface area contributed by atoms with Crippen LogP contribution in [0, 0.1) is 5.82 Å². The summed E-state index contributed by atoms with van der Waals surface area (Å²) in [6, 6.07) is 17.9. The molecule has 1 unspecified atom stereocenters. The fourth-order valence-corrected chi connectivity index (χ4v) is 5.09. The second-order valence-corrected chi connectivity index (χ2v) is 11.7. The Bertz CT molecular complexity index is 1570. The molecule has 10 heteroatoms. The van der Waals surface area contributed by atoms with Crippen LogP contribution in [0.3, 0.4) is 0 Å². The molecule has 3 heterocycles. The molecular weight excluding hydrogens is 559 g/mol. The van der Waals surface area contributed by atoms with Gasteiger partial charge in [0.2, 0.25) is 11.9 Å². The minimum absolute atomic E-state index is 0.107. The number of amides is 2. The van der Waals surface area contributed by atoms with Gasteiger partial charge in [-0.1, -0.05) is 51.1 Å². The van der Waals surface area contributed by atoms with Crippen molar-refractivity contribution in [2.24, 2.45) is 0 Å². The molecule has 1 N–H and O–H groups in total. The van der Waals surface area contributed by atoms with Gasteiger partial charge in [0.05, 0.1) is 13.2 Å². The van der Waals surface area contributed by atoms with Crippen LogP contribution in [-0.2, 0) is 21.4 Å². The summed E-state index contributed by atoms with van der Waals surface area (Å²) in [7, 11) is 0. The van der Waals surface area contributed by atoms with E-state index in [4.69, 9.17) is 4.74 Å². The first kappa shape index (κ1) is 30.7. The lowest BCUT2D eigenvalue weighted by Crippen LogP contribution is -2.45. The second-order valence-electron chi connectivity index (χ2n) is 11.7. The Morgan fingerprint density at radius 1 is 1.02 bits per heavy atom. The van der Waals surface area contributed by atoms with E-state index in [2.05, 4.69) is 41.0 Å². The molecule has 1 saturated heterocycles. The number of benzene rings is 2. The number of carbonyl (C=O) groups is 2. The van der Waals surface area contributed by atoms with E-state index >= 15 is 0 Å². The van der Waals surface area contributed by atoms with Crippen LogP contribution < -0.4 is 15.1 Å². The minimum atomic E-state index is -1.06. The Kier molecular flexibility index (Phi) is 9.59. The van der Waals surface area contributed by atoms with Crippen molar-refractivity contribution < 1.29 is 18.7 Å². The van der Waals surface area contributed by atoms with Crippen LogP contribution in [0.1, 0.15) is 54.0 Å². The molecule has 228 valence electrons. The summed E-state index contributed by atoms with van der Waals surface area (Å²) in [6.45, 7) is 8.91. The van der Waals surface area contributed by atoms with Crippen LogP contribution in [0.2, 0.25) is 0 Å². The SMILES string of the molecule is CC(C)(C)c1ccc(N(C(=O)c2ccnc(N3CCOCC3)n2)C(C(=O)NCCc2cccc(F)c2)c2cccnc2)cc1. The van der Waals surface area contributed by atoms with Gasteiger partial charge in [-0.3, -0.25) is 19.5 Å². The van der Waals surface area contributed by atoms with Crippen LogP contribution in [-0.4, -0.2) is 59.6 Å². The highest BCUT2D eigenvalue weighted by Crippen LogP contribution is 2.32. The quantitative estimate of drug-likeness (QED) is 0.294. The molecule has 0 spiro atoms. The minimum Gasteiger partial charge on any atom is -0.378 e. The third-order valence-corrected chi connectivity index (χ3v) is 7.49. The van der Waals surface area contributed by atoms with Crippen molar-refractivity contribution in [3.63, 3.8) is 0 Å². The molecule has 1 aliphatic rings. The van der Waals surface area contributed by atoms with Crippen molar-refractivity contribution >= 4 is 23.5 Å². The fourth-order valence-electron chi connectivity index (χ4n) is 5.09. The third kappa shape index (κ3) is 7.44. The van der Waals surface area contributed by atoms with Gasteiger partial charge in [-0.2, -0.15) is 0 Å². The number of carbonyl (C=O) groups excluding carboxylic acids is 2. The largest absolute Gasteiger partial charge is 0.378 e. The van der Waals surface area contributed by atoms with E-state index in [0.29, 0.717) is 49.9 Å². The third-order valence-electron chi connectivity index (χ3n) is 7.49. The predicted molar refractivity (Wildman–Crippen MR) is 167 cm³/mol. The van der Waals surface area contributed by atoms with E-state index in [1.54, 1.807) is 42.9 Å². The number of nitrogens with zero attached hydrogens (tertiary/aromatic N) is 5. The van der Waals surface area contributed by atoms with E-state index in [1.165, 1.54) is 17.0 Å². The van der Waals surface area contributed by atoms with E-state index in [9.17, 15) is 14.0 Å². The van der Waals surface area contributed by atoms with Crippen molar-refractivity contribution in [3.05, 3.63) is 114 Å². The maximum atomic E-state index is 14.5. The van der Waals surface area contributed by atoms with Crippen LogP contribution in [0.5, 0.6) is 0 Å². The van der Waals surface area contributed by atoms with Gasteiger partial charge in [0.1, 0.15) is 17.6 Å². The maximum Gasteiger partial charge on any atom is 0.278 e. The number of aromatic nitrogens is 3. The number of morpholine rings is 1. The van der Waals surface area contributed by atoms with Crippen LogP contribution in [0.15, 0.2) is 85.3 Å². The topological polar surface area (TPSA) is 101 Å². The molecule has 0 radical (unpaired) electrons. The number of hydrogen-bond donors (Lipinski definition) is 1. The zero-order valence-electron chi connectivity index (χ0n) is 25.2. The summed E-state index contributed by atoms with van der Waals surface area (Å²) in [5.74, 6) is -0.761.